The number of hydrogen-bond donors (Lipinski definition) is 0. The monoisotopic (exact) mass is 114 g/mol. The third kappa shape index (κ3) is 1.01. The highest BCUT2D eigenvalue weighted by atomic mass is 16.6. The van der Waals surface area contributed by atoms with Crippen molar-refractivity contribution in [2.75, 3.05) is 13.2 Å². The molecule has 2 nitrogen and oxygen atoms in total. The van der Waals surface area contributed by atoms with Crippen LogP contribution in [0.15, 0.2) is 12.3 Å². The van der Waals surface area contributed by atoms with Crippen LogP contribution >= 0.6 is 0 Å². The molecule has 0 spiro atoms. The zero-order valence-electron chi connectivity index (χ0n) is 5.02. The summed E-state index contributed by atoms with van der Waals surface area (Å²) in [7, 11) is 0. The molecule has 2 heteroatoms. The quantitative estimate of drug-likeness (QED) is 0.466. The highest BCUT2D eigenvalue weighted by molar-refractivity contribution is 4.91. The third-order valence-electron chi connectivity index (χ3n) is 1.19. The molecule has 0 aromatic heterocycles. The molecule has 0 radical (unpaired) electrons. The van der Waals surface area contributed by atoms with Crippen molar-refractivity contribution in [3.05, 3.63) is 12.3 Å². The number of hydrogen-bond acceptors (Lipinski definition) is 2. The Hall–Kier alpha value is -0.500. The molecule has 1 atom stereocenters. The van der Waals surface area contributed by atoms with Gasteiger partial charge in [-0.15, -0.1) is 0 Å². The van der Waals surface area contributed by atoms with Gasteiger partial charge in [-0.1, -0.05) is 6.58 Å². The molecule has 0 aromatic rings. The molecule has 1 saturated heterocycles. The average Bonchev–Trinajstić information content (AvgIpc) is 1.77. The fourth-order valence-corrected chi connectivity index (χ4v) is 0.608. The zero-order valence-corrected chi connectivity index (χ0v) is 5.02. The van der Waals surface area contributed by atoms with Gasteiger partial charge in [0.25, 0.3) is 0 Å². The van der Waals surface area contributed by atoms with Crippen molar-refractivity contribution in [3.63, 3.8) is 0 Å². The molecule has 0 aromatic carbocycles. The highest BCUT2D eigenvalue weighted by Crippen LogP contribution is 2.09. The fraction of sp³-hybridized carbons (Fsp3) is 0.667. The van der Waals surface area contributed by atoms with Gasteiger partial charge in [-0.05, 0) is 6.92 Å². The predicted octanol–water partition coefficient (Wildman–Crippen LogP) is 0.935. The molecule has 1 aliphatic heterocycles. The van der Waals surface area contributed by atoms with Crippen LogP contribution in [0, 0.1) is 0 Å². The van der Waals surface area contributed by atoms with E-state index in [1.165, 1.54) is 0 Å². The molecule has 0 bridgehead atoms. The van der Waals surface area contributed by atoms with Crippen LogP contribution in [0.1, 0.15) is 6.92 Å². The Balaban J connectivity index is 2.39. The summed E-state index contributed by atoms with van der Waals surface area (Å²) in [6.07, 6.45) is 0.0868. The molecule has 0 N–H and O–H groups in total. The van der Waals surface area contributed by atoms with Crippen LogP contribution in [0.5, 0.6) is 0 Å². The summed E-state index contributed by atoms with van der Waals surface area (Å²) in [5.41, 5.74) is 0. The van der Waals surface area contributed by atoms with E-state index < -0.39 is 0 Å². The molecule has 1 rings (SSSR count). The summed E-state index contributed by atoms with van der Waals surface area (Å²) in [4.78, 5) is 0. The zero-order chi connectivity index (χ0) is 5.98. The summed E-state index contributed by atoms with van der Waals surface area (Å²) < 4.78 is 10.2. The van der Waals surface area contributed by atoms with Crippen LogP contribution in [0.2, 0.25) is 0 Å². The second-order valence-electron chi connectivity index (χ2n) is 1.83. The molecule has 1 heterocycles. The van der Waals surface area contributed by atoms with Crippen molar-refractivity contribution < 1.29 is 9.47 Å². The summed E-state index contributed by atoms with van der Waals surface area (Å²) in [6.45, 7) is 6.93. The van der Waals surface area contributed by atoms with E-state index in [9.17, 15) is 0 Å². The first kappa shape index (κ1) is 5.63. The summed E-state index contributed by atoms with van der Waals surface area (Å²) in [6, 6.07) is 0. The van der Waals surface area contributed by atoms with Crippen LogP contribution in [0.25, 0.3) is 0 Å². The lowest BCUT2D eigenvalue weighted by atomic mass is 10.3. The standard InChI is InChI=1S/C6H10O2/c1-5-6(2)8-4-3-7-5/h6H,1,3-4H2,2H3/t6-/m1/s1. The first-order chi connectivity index (χ1) is 3.80. The molecule has 0 amide bonds. The maximum Gasteiger partial charge on any atom is 0.117 e. The average molecular weight is 114 g/mol. The molecular formula is C6H10O2. The Morgan fingerprint density at radius 2 is 2.38 bits per heavy atom. The Bertz CT molecular complexity index is 98.7. The van der Waals surface area contributed by atoms with Gasteiger partial charge in [0, 0.05) is 0 Å². The van der Waals surface area contributed by atoms with Crippen molar-refractivity contribution in [2.45, 2.75) is 13.0 Å². The maximum atomic E-state index is 5.17. The van der Waals surface area contributed by atoms with E-state index in [2.05, 4.69) is 6.58 Å². The van der Waals surface area contributed by atoms with E-state index >= 15 is 0 Å². The Morgan fingerprint density at radius 1 is 1.62 bits per heavy atom. The lowest BCUT2D eigenvalue weighted by Gasteiger charge is -2.21. The first-order valence-electron chi connectivity index (χ1n) is 2.74. The second-order valence-corrected chi connectivity index (χ2v) is 1.83. The van der Waals surface area contributed by atoms with Gasteiger partial charge in [0.1, 0.15) is 18.5 Å². The van der Waals surface area contributed by atoms with Crippen LogP contribution in [0.3, 0.4) is 0 Å². The van der Waals surface area contributed by atoms with Crippen molar-refractivity contribution in [1.29, 1.82) is 0 Å². The van der Waals surface area contributed by atoms with Crippen molar-refractivity contribution in [2.24, 2.45) is 0 Å². The van der Waals surface area contributed by atoms with Crippen molar-refractivity contribution >= 4 is 0 Å². The SMILES string of the molecule is C=C1OCCO[C@@H]1C. The maximum absolute atomic E-state index is 5.17. The summed E-state index contributed by atoms with van der Waals surface area (Å²) in [5, 5.41) is 0. The highest BCUT2D eigenvalue weighted by Gasteiger charge is 2.12. The van der Waals surface area contributed by atoms with Crippen LogP contribution < -0.4 is 0 Å². The molecule has 0 unspecified atom stereocenters. The Morgan fingerprint density at radius 3 is 2.75 bits per heavy atom. The van der Waals surface area contributed by atoms with E-state index in [1.807, 2.05) is 6.92 Å². The molecule has 1 fully saturated rings. The summed E-state index contributed by atoms with van der Waals surface area (Å²) in [5.74, 6) is 0.747. The number of rotatable bonds is 0. The van der Waals surface area contributed by atoms with Gasteiger partial charge in [-0.3, -0.25) is 0 Å². The van der Waals surface area contributed by atoms with E-state index in [0.717, 1.165) is 5.76 Å². The lowest BCUT2D eigenvalue weighted by molar-refractivity contribution is -0.0327. The molecule has 1 aliphatic rings. The largest absolute Gasteiger partial charge is 0.493 e. The predicted molar refractivity (Wildman–Crippen MR) is 30.5 cm³/mol. The van der Waals surface area contributed by atoms with Gasteiger partial charge in [0.15, 0.2) is 0 Å². The van der Waals surface area contributed by atoms with Crippen LogP contribution in [-0.4, -0.2) is 19.3 Å². The van der Waals surface area contributed by atoms with Gasteiger partial charge in [-0.25, -0.2) is 0 Å². The molecule has 46 valence electrons. The van der Waals surface area contributed by atoms with Gasteiger partial charge < -0.3 is 9.47 Å². The minimum atomic E-state index is 0.0868. The van der Waals surface area contributed by atoms with Crippen molar-refractivity contribution in [1.82, 2.24) is 0 Å². The molecule has 0 aliphatic carbocycles. The third-order valence-corrected chi connectivity index (χ3v) is 1.19. The fourth-order valence-electron chi connectivity index (χ4n) is 0.608. The van der Waals surface area contributed by atoms with Gasteiger partial charge in [0.05, 0.1) is 6.61 Å². The van der Waals surface area contributed by atoms with E-state index in [1.54, 1.807) is 0 Å². The Kier molecular flexibility index (Phi) is 1.53. The normalized spacial score (nSPS) is 29.6. The molecular weight excluding hydrogens is 104 g/mol. The number of ether oxygens (including phenoxy) is 2. The minimum absolute atomic E-state index is 0.0868. The summed E-state index contributed by atoms with van der Waals surface area (Å²) >= 11 is 0. The van der Waals surface area contributed by atoms with Crippen LogP contribution in [-0.2, 0) is 9.47 Å². The molecule has 8 heavy (non-hydrogen) atoms. The van der Waals surface area contributed by atoms with Gasteiger partial charge >= 0.3 is 0 Å². The first-order valence-corrected chi connectivity index (χ1v) is 2.74. The Labute approximate surface area is 49.1 Å². The molecule has 0 saturated carbocycles. The second kappa shape index (κ2) is 2.18. The van der Waals surface area contributed by atoms with Gasteiger partial charge in [-0.2, -0.15) is 0 Å². The minimum Gasteiger partial charge on any atom is -0.493 e. The van der Waals surface area contributed by atoms with Crippen molar-refractivity contribution in [3.8, 4) is 0 Å². The topological polar surface area (TPSA) is 18.5 Å². The van der Waals surface area contributed by atoms with Crippen LogP contribution in [0.4, 0.5) is 0 Å². The van der Waals surface area contributed by atoms with E-state index in [4.69, 9.17) is 9.47 Å². The lowest BCUT2D eigenvalue weighted by Crippen LogP contribution is -2.22. The smallest absolute Gasteiger partial charge is 0.117 e. The van der Waals surface area contributed by atoms with E-state index in [-0.39, 0.29) is 6.10 Å². The van der Waals surface area contributed by atoms with Gasteiger partial charge in [0.2, 0.25) is 0 Å². The van der Waals surface area contributed by atoms with E-state index in [0.29, 0.717) is 13.2 Å².